The predicted molar refractivity (Wildman–Crippen MR) is 130 cm³/mol. The molecule has 1 aromatic heterocycles. The minimum Gasteiger partial charge on any atom is -0.351 e. The Hall–Kier alpha value is -2.89. The van der Waals surface area contributed by atoms with Crippen molar-refractivity contribution in [2.75, 3.05) is 6.54 Å². The van der Waals surface area contributed by atoms with Crippen LogP contribution in [-0.4, -0.2) is 17.4 Å². The lowest BCUT2D eigenvalue weighted by Crippen LogP contribution is -2.29. The maximum Gasteiger partial charge on any atom is 0.252 e. The lowest BCUT2D eigenvalue weighted by Gasteiger charge is -2.19. The number of carbonyl (C=O) groups excluding carboxylic acids is 1. The second-order valence-electron chi connectivity index (χ2n) is 7.23. The number of hydrogen-bond donors (Lipinski definition) is 1. The molecule has 0 unspecified atom stereocenters. The smallest absolute Gasteiger partial charge is 0.252 e. The van der Waals surface area contributed by atoms with Gasteiger partial charge in [-0.05, 0) is 30.2 Å². The number of thiazole rings is 1. The van der Waals surface area contributed by atoms with Crippen molar-refractivity contribution in [3.8, 4) is 0 Å². The van der Waals surface area contributed by atoms with Crippen LogP contribution >= 0.6 is 23.1 Å². The number of aryl methyl sites for hydroxylation is 1. The fourth-order valence-corrected chi connectivity index (χ4v) is 5.16. The number of rotatable bonds is 8. The molecule has 0 saturated carbocycles. The van der Waals surface area contributed by atoms with Gasteiger partial charge in [-0.2, -0.15) is 0 Å². The van der Waals surface area contributed by atoms with Crippen molar-refractivity contribution in [2.45, 2.75) is 23.5 Å². The van der Waals surface area contributed by atoms with Gasteiger partial charge < -0.3 is 5.32 Å². The summed E-state index contributed by atoms with van der Waals surface area (Å²) in [5.74, 6) is 0.809. The van der Waals surface area contributed by atoms with Gasteiger partial charge in [-0.3, -0.25) is 4.79 Å². The van der Waals surface area contributed by atoms with Crippen LogP contribution < -0.4 is 5.32 Å². The summed E-state index contributed by atoms with van der Waals surface area (Å²) in [6, 6.07) is 28.4. The molecule has 1 N–H and O–H groups in total. The molecule has 156 valence electrons. The fraction of sp³-hybridized carbons (Fsp3) is 0.154. The van der Waals surface area contributed by atoms with E-state index in [0.717, 1.165) is 21.3 Å². The van der Waals surface area contributed by atoms with Crippen LogP contribution in [0.3, 0.4) is 0 Å². The molecular formula is C26H24N2OS2. The van der Waals surface area contributed by atoms with Gasteiger partial charge in [0.25, 0.3) is 5.91 Å². The summed E-state index contributed by atoms with van der Waals surface area (Å²) in [5.41, 5.74) is 4.14. The SMILES string of the molecule is Cc1nc(CSc2ccccc2C(=O)NCC(c2ccccc2)c2ccccc2)cs1. The molecule has 5 heteroatoms. The Morgan fingerprint density at radius 1 is 0.935 bits per heavy atom. The zero-order valence-corrected chi connectivity index (χ0v) is 19.0. The predicted octanol–water partition coefficient (Wildman–Crippen LogP) is 6.31. The first-order valence-corrected chi connectivity index (χ1v) is 12.1. The van der Waals surface area contributed by atoms with E-state index < -0.39 is 0 Å². The maximum absolute atomic E-state index is 13.1. The van der Waals surface area contributed by atoms with Gasteiger partial charge >= 0.3 is 0 Å². The molecule has 0 bridgehead atoms. The normalized spacial score (nSPS) is 10.9. The molecule has 0 radical (unpaired) electrons. The van der Waals surface area contributed by atoms with Crippen molar-refractivity contribution >= 4 is 29.0 Å². The number of nitrogens with zero attached hydrogens (tertiary/aromatic N) is 1. The first kappa shape index (κ1) is 21.3. The van der Waals surface area contributed by atoms with Gasteiger partial charge in [0.15, 0.2) is 0 Å². The Bertz CT molecular complexity index is 1090. The highest BCUT2D eigenvalue weighted by Gasteiger charge is 2.17. The molecule has 1 amide bonds. The molecule has 0 aliphatic rings. The number of thioether (sulfide) groups is 1. The number of benzene rings is 3. The average Bonchev–Trinajstić information content (AvgIpc) is 3.24. The summed E-state index contributed by atoms with van der Waals surface area (Å²) in [6.45, 7) is 2.55. The van der Waals surface area contributed by atoms with E-state index in [2.05, 4.69) is 39.9 Å². The van der Waals surface area contributed by atoms with E-state index >= 15 is 0 Å². The van der Waals surface area contributed by atoms with Crippen LogP contribution in [0.5, 0.6) is 0 Å². The summed E-state index contributed by atoms with van der Waals surface area (Å²) in [6.07, 6.45) is 0. The van der Waals surface area contributed by atoms with Gasteiger partial charge in [-0.1, -0.05) is 72.8 Å². The summed E-state index contributed by atoms with van der Waals surface area (Å²) in [4.78, 5) is 18.6. The molecule has 0 saturated heterocycles. The Kier molecular flexibility index (Phi) is 7.18. The van der Waals surface area contributed by atoms with Crippen molar-refractivity contribution < 1.29 is 4.79 Å². The van der Waals surface area contributed by atoms with E-state index in [4.69, 9.17) is 0 Å². The third kappa shape index (κ3) is 5.63. The number of carbonyl (C=O) groups is 1. The van der Waals surface area contributed by atoms with Gasteiger partial charge in [0, 0.05) is 28.5 Å². The quantitative estimate of drug-likeness (QED) is 0.324. The van der Waals surface area contributed by atoms with Crippen LogP contribution in [0.25, 0.3) is 0 Å². The van der Waals surface area contributed by atoms with Crippen LogP contribution in [0, 0.1) is 6.92 Å². The molecule has 3 nitrogen and oxygen atoms in total. The largest absolute Gasteiger partial charge is 0.351 e. The molecule has 0 fully saturated rings. The lowest BCUT2D eigenvalue weighted by molar-refractivity contribution is 0.0949. The van der Waals surface area contributed by atoms with Crippen molar-refractivity contribution in [1.29, 1.82) is 0 Å². The van der Waals surface area contributed by atoms with Gasteiger partial charge in [-0.25, -0.2) is 4.98 Å². The first-order valence-electron chi connectivity index (χ1n) is 10.2. The summed E-state index contributed by atoms with van der Waals surface area (Å²) >= 11 is 3.31. The van der Waals surface area contributed by atoms with Crippen LogP contribution in [0.15, 0.2) is 95.2 Å². The topological polar surface area (TPSA) is 42.0 Å². The Balaban J connectivity index is 1.48. The second kappa shape index (κ2) is 10.4. The average molecular weight is 445 g/mol. The third-order valence-corrected chi connectivity index (χ3v) is 6.97. The monoisotopic (exact) mass is 444 g/mol. The van der Waals surface area contributed by atoms with Gasteiger partial charge in [-0.15, -0.1) is 23.1 Å². The lowest BCUT2D eigenvalue weighted by atomic mass is 9.91. The van der Waals surface area contributed by atoms with E-state index in [0.29, 0.717) is 12.1 Å². The number of hydrogen-bond acceptors (Lipinski definition) is 4. The second-order valence-corrected chi connectivity index (χ2v) is 9.31. The zero-order chi connectivity index (χ0) is 21.5. The Morgan fingerprint density at radius 2 is 1.55 bits per heavy atom. The standard InChI is InChI=1S/C26H24N2OS2/c1-19-28-22(17-30-19)18-31-25-15-9-8-14-23(25)26(29)27-16-24(20-10-4-2-5-11-20)21-12-6-3-7-13-21/h2-15,17,24H,16,18H2,1H3,(H,27,29). The highest BCUT2D eigenvalue weighted by molar-refractivity contribution is 7.98. The minimum atomic E-state index is -0.0468. The third-order valence-electron chi connectivity index (χ3n) is 5.04. The minimum absolute atomic E-state index is 0.0468. The summed E-state index contributed by atoms with van der Waals surface area (Å²) < 4.78 is 0. The summed E-state index contributed by atoms with van der Waals surface area (Å²) in [5, 5.41) is 6.32. The molecule has 4 rings (SSSR count). The van der Waals surface area contributed by atoms with Gasteiger partial charge in [0.2, 0.25) is 0 Å². The number of aromatic nitrogens is 1. The van der Waals surface area contributed by atoms with Gasteiger partial charge in [0.1, 0.15) is 0 Å². The van der Waals surface area contributed by atoms with E-state index in [1.165, 1.54) is 11.1 Å². The van der Waals surface area contributed by atoms with Crippen molar-refractivity contribution in [2.24, 2.45) is 0 Å². The van der Waals surface area contributed by atoms with Crippen LogP contribution in [0.4, 0.5) is 0 Å². The Morgan fingerprint density at radius 3 is 2.16 bits per heavy atom. The number of amides is 1. The van der Waals surface area contributed by atoms with E-state index in [1.807, 2.05) is 67.6 Å². The molecule has 31 heavy (non-hydrogen) atoms. The van der Waals surface area contributed by atoms with Crippen LogP contribution in [0.2, 0.25) is 0 Å². The fourth-order valence-electron chi connectivity index (χ4n) is 3.50. The Labute approximate surface area is 191 Å². The molecule has 0 aliphatic heterocycles. The van der Waals surface area contributed by atoms with E-state index in [1.54, 1.807) is 23.1 Å². The summed E-state index contributed by atoms with van der Waals surface area (Å²) in [7, 11) is 0. The van der Waals surface area contributed by atoms with Gasteiger partial charge in [0.05, 0.1) is 16.3 Å². The number of nitrogens with one attached hydrogen (secondary N) is 1. The highest BCUT2D eigenvalue weighted by atomic mass is 32.2. The molecular weight excluding hydrogens is 420 g/mol. The maximum atomic E-state index is 13.1. The molecule has 3 aromatic carbocycles. The van der Waals surface area contributed by atoms with E-state index in [9.17, 15) is 4.79 Å². The molecule has 1 heterocycles. The van der Waals surface area contributed by atoms with Crippen LogP contribution in [-0.2, 0) is 5.75 Å². The van der Waals surface area contributed by atoms with Crippen molar-refractivity contribution in [3.63, 3.8) is 0 Å². The molecule has 0 aliphatic carbocycles. The zero-order valence-electron chi connectivity index (χ0n) is 17.3. The van der Waals surface area contributed by atoms with Crippen molar-refractivity contribution in [1.82, 2.24) is 10.3 Å². The molecule has 4 aromatic rings. The molecule has 0 atom stereocenters. The van der Waals surface area contributed by atoms with E-state index in [-0.39, 0.29) is 11.8 Å². The van der Waals surface area contributed by atoms with Crippen LogP contribution in [0.1, 0.15) is 38.1 Å². The van der Waals surface area contributed by atoms with Crippen molar-refractivity contribution in [3.05, 3.63) is 118 Å². The highest BCUT2D eigenvalue weighted by Crippen LogP contribution is 2.28. The first-order chi connectivity index (χ1) is 15.2. The molecule has 0 spiro atoms.